The van der Waals surface area contributed by atoms with Gasteiger partial charge in [-0.15, -0.1) is 0 Å². The molecule has 0 radical (unpaired) electrons. The van der Waals surface area contributed by atoms with Crippen LogP contribution >= 0.6 is 0 Å². The molecule has 2 heteroatoms. The molecule has 0 aromatic carbocycles. The van der Waals surface area contributed by atoms with Crippen LogP contribution in [0.4, 0.5) is 0 Å². The molecule has 0 heterocycles. The summed E-state index contributed by atoms with van der Waals surface area (Å²) in [5.74, 6) is 5.25. The molecule has 2 nitrogen and oxygen atoms in total. The van der Waals surface area contributed by atoms with Crippen LogP contribution in [-0.4, -0.2) is 12.1 Å². The van der Waals surface area contributed by atoms with Gasteiger partial charge in [0, 0.05) is 13.2 Å². The van der Waals surface area contributed by atoms with Crippen LogP contribution in [0, 0.1) is 0 Å². The van der Waals surface area contributed by atoms with E-state index in [-0.39, 0.29) is 0 Å². The quantitative estimate of drug-likeness (QED) is 0.326. The third kappa shape index (κ3) is 5.24. The van der Waals surface area contributed by atoms with E-state index in [0.29, 0.717) is 0 Å². The van der Waals surface area contributed by atoms with Crippen LogP contribution in [0.3, 0.4) is 0 Å². The second-order valence-corrected chi connectivity index (χ2v) is 1.83. The van der Waals surface area contributed by atoms with Gasteiger partial charge in [-0.25, -0.2) is 5.84 Å². The van der Waals surface area contributed by atoms with Gasteiger partial charge >= 0.3 is 0 Å². The molecule has 0 aromatic heterocycles. The maximum Gasteiger partial charge on any atom is 0.0222 e. The zero-order valence-electron chi connectivity index (χ0n) is 5.39. The third-order valence-electron chi connectivity index (χ3n) is 0.594. The van der Waals surface area contributed by atoms with Crippen molar-refractivity contribution in [1.82, 2.24) is 5.01 Å². The highest BCUT2D eigenvalue weighted by Gasteiger charge is 1.74. The van der Waals surface area contributed by atoms with E-state index < -0.39 is 0 Å². The lowest BCUT2D eigenvalue weighted by Crippen LogP contribution is -2.18. The molecule has 0 aliphatic carbocycles. The van der Waals surface area contributed by atoms with Gasteiger partial charge in [-0.2, -0.15) is 0 Å². The highest BCUT2D eigenvalue weighted by Crippen LogP contribution is 1.87. The van der Waals surface area contributed by atoms with Crippen molar-refractivity contribution in [3.05, 3.63) is 24.4 Å². The minimum atomic E-state index is 1.00. The number of hydrazine groups is 1. The van der Waals surface area contributed by atoms with Crippen LogP contribution in [0.2, 0.25) is 0 Å². The Labute approximate surface area is 50.3 Å². The molecule has 0 aliphatic heterocycles. The Kier molecular flexibility index (Phi) is 2.96. The summed E-state index contributed by atoms with van der Waals surface area (Å²) in [5, 5.41) is 1.48. The summed E-state index contributed by atoms with van der Waals surface area (Å²) in [5.41, 5.74) is 1.00. The van der Waals surface area contributed by atoms with Crippen LogP contribution in [0.15, 0.2) is 24.4 Å². The van der Waals surface area contributed by atoms with Gasteiger partial charge in [0.25, 0.3) is 0 Å². The Morgan fingerprint density at radius 3 is 2.38 bits per heavy atom. The number of nitrogens with zero attached hydrogens (tertiary/aromatic N) is 1. The van der Waals surface area contributed by atoms with Gasteiger partial charge in [-0.05, 0) is 13.0 Å². The van der Waals surface area contributed by atoms with Crippen LogP contribution < -0.4 is 5.84 Å². The largest absolute Gasteiger partial charge is 0.321 e. The van der Waals surface area contributed by atoms with E-state index >= 15 is 0 Å². The van der Waals surface area contributed by atoms with Crippen molar-refractivity contribution in [1.29, 1.82) is 0 Å². The fraction of sp³-hybridized carbons (Fsp3) is 0.333. The van der Waals surface area contributed by atoms with E-state index in [9.17, 15) is 0 Å². The molecule has 0 amide bonds. The first-order valence-corrected chi connectivity index (χ1v) is 2.44. The highest BCUT2D eigenvalue weighted by molar-refractivity contribution is 5.09. The lowest BCUT2D eigenvalue weighted by molar-refractivity contribution is 0.484. The molecule has 8 heavy (non-hydrogen) atoms. The van der Waals surface area contributed by atoms with E-state index in [1.54, 1.807) is 13.2 Å². The molecule has 0 atom stereocenters. The molecule has 0 spiro atoms. The number of nitrogens with two attached hydrogens (primary N) is 1. The maximum absolute atomic E-state index is 5.25. The summed E-state index contributed by atoms with van der Waals surface area (Å²) < 4.78 is 0. The van der Waals surface area contributed by atoms with Crippen molar-refractivity contribution in [3.63, 3.8) is 0 Å². The smallest absolute Gasteiger partial charge is 0.0222 e. The van der Waals surface area contributed by atoms with Crippen LogP contribution in [0.5, 0.6) is 0 Å². The second kappa shape index (κ2) is 3.27. The van der Waals surface area contributed by atoms with Crippen molar-refractivity contribution in [3.8, 4) is 0 Å². The van der Waals surface area contributed by atoms with Crippen molar-refractivity contribution >= 4 is 0 Å². The summed E-state index contributed by atoms with van der Waals surface area (Å²) in [6.07, 6.45) is 3.60. The van der Waals surface area contributed by atoms with Gasteiger partial charge in [-0.3, -0.25) is 0 Å². The van der Waals surface area contributed by atoms with Crippen molar-refractivity contribution in [2.24, 2.45) is 5.84 Å². The molecule has 0 aromatic rings. The van der Waals surface area contributed by atoms with Gasteiger partial charge in [0.2, 0.25) is 0 Å². The fourth-order valence-corrected chi connectivity index (χ4v) is 0.245. The van der Waals surface area contributed by atoms with E-state index in [1.165, 1.54) is 5.01 Å². The third-order valence-corrected chi connectivity index (χ3v) is 0.594. The lowest BCUT2D eigenvalue weighted by Gasteiger charge is -2.01. The fourth-order valence-electron chi connectivity index (χ4n) is 0.245. The van der Waals surface area contributed by atoms with Gasteiger partial charge in [0.15, 0.2) is 0 Å². The van der Waals surface area contributed by atoms with E-state index in [0.717, 1.165) is 5.57 Å². The van der Waals surface area contributed by atoms with E-state index in [4.69, 9.17) is 5.84 Å². The Morgan fingerprint density at radius 2 is 2.25 bits per heavy atom. The Bertz CT molecular complexity index is 103. The monoisotopic (exact) mass is 112 g/mol. The zero-order valence-corrected chi connectivity index (χ0v) is 5.39. The van der Waals surface area contributed by atoms with Crippen molar-refractivity contribution in [2.45, 2.75) is 6.92 Å². The first-order chi connectivity index (χ1) is 3.63. The minimum absolute atomic E-state index is 1.00. The average molecular weight is 112 g/mol. The minimum Gasteiger partial charge on any atom is -0.321 e. The van der Waals surface area contributed by atoms with Crippen molar-refractivity contribution < 1.29 is 0 Å². The molecule has 0 fully saturated rings. The number of hydrogen-bond donors (Lipinski definition) is 1. The van der Waals surface area contributed by atoms with Gasteiger partial charge < -0.3 is 5.01 Å². The maximum atomic E-state index is 5.25. The van der Waals surface area contributed by atoms with E-state index in [2.05, 4.69) is 6.58 Å². The molecule has 2 N–H and O–H groups in total. The molecular weight excluding hydrogens is 100 g/mol. The van der Waals surface area contributed by atoms with Gasteiger partial charge in [-0.1, -0.05) is 12.2 Å². The Morgan fingerprint density at radius 1 is 1.75 bits per heavy atom. The molecule has 0 saturated heterocycles. The molecule has 0 rings (SSSR count). The first-order valence-electron chi connectivity index (χ1n) is 2.44. The summed E-state index contributed by atoms with van der Waals surface area (Å²) in [6, 6.07) is 0. The van der Waals surface area contributed by atoms with Crippen molar-refractivity contribution in [2.75, 3.05) is 7.05 Å². The summed E-state index contributed by atoms with van der Waals surface area (Å²) in [7, 11) is 1.76. The zero-order chi connectivity index (χ0) is 6.57. The average Bonchev–Trinajstić information content (AvgIpc) is 1.61. The van der Waals surface area contributed by atoms with Gasteiger partial charge in [0.1, 0.15) is 0 Å². The molecular formula is C6H12N2. The number of hydrogen-bond acceptors (Lipinski definition) is 2. The van der Waals surface area contributed by atoms with Crippen LogP contribution in [0.25, 0.3) is 0 Å². The molecule has 46 valence electrons. The molecule has 0 saturated carbocycles. The highest BCUT2D eigenvalue weighted by atomic mass is 15.4. The normalized spacial score (nSPS) is 9.88. The van der Waals surface area contributed by atoms with Gasteiger partial charge in [0.05, 0.1) is 0 Å². The summed E-state index contributed by atoms with van der Waals surface area (Å²) in [6.45, 7) is 5.57. The molecule has 0 unspecified atom stereocenters. The lowest BCUT2D eigenvalue weighted by atomic mass is 10.3. The predicted molar refractivity (Wildman–Crippen MR) is 35.9 cm³/mol. The molecule has 0 aliphatic rings. The van der Waals surface area contributed by atoms with Crippen LogP contribution in [0.1, 0.15) is 6.92 Å². The SMILES string of the molecule is C=C(C)/C=C\N(C)N. The summed E-state index contributed by atoms with van der Waals surface area (Å²) >= 11 is 0. The Balaban J connectivity index is 3.50. The first kappa shape index (κ1) is 7.24. The molecule has 0 bridgehead atoms. The Hall–Kier alpha value is -0.760. The van der Waals surface area contributed by atoms with Crippen LogP contribution in [-0.2, 0) is 0 Å². The topological polar surface area (TPSA) is 29.3 Å². The van der Waals surface area contributed by atoms with E-state index in [1.807, 2.05) is 13.0 Å². The predicted octanol–water partition coefficient (Wildman–Crippen LogP) is 0.882. The number of rotatable bonds is 2. The summed E-state index contributed by atoms with van der Waals surface area (Å²) in [4.78, 5) is 0. The standard InChI is InChI=1S/C6H12N2/c1-6(2)4-5-8(3)7/h4-5H,1,7H2,2-3H3/b5-4-. The second-order valence-electron chi connectivity index (χ2n) is 1.83. The number of allylic oxidation sites excluding steroid dienone is 2.